The van der Waals surface area contributed by atoms with Crippen LogP contribution in [0.5, 0.6) is 0 Å². The van der Waals surface area contributed by atoms with Crippen LogP contribution >= 0.6 is 22.9 Å². The van der Waals surface area contributed by atoms with Gasteiger partial charge in [-0.05, 0) is 25.5 Å². The standard InChI is InChI=1S/C14H17ClN2O2S/c1-9(14(19)11-3-4-12(15)20-11)16-6-7-17-10(8-16)2-5-13(17)18/h3-4,9-10H,2,5-8H2,1H3. The van der Waals surface area contributed by atoms with Crippen molar-refractivity contribution in [3.63, 3.8) is 0 Å². The molecule has 0 aliphatic carbocycles. The summed E-state index contributed by atoms with van der Waals surface area (Å²) in [5.74, 6) is 0.387. The maximum absolute atomic E-state index is 12.4. The van der Waals surface area contributed by atoms with E-state index in [0.29, 0.717) is 21.7 Å². The van der Waals surface area contributed by atoms with Gasteiger partial charge in [-0.1, -0.05) is 11.6 Å². The summed E-state index contributed by atoms with van der Waals surface area (Å²) in [6.07, 6.45) is 1.57. The van der Waals surface area contributed by atoms with Gasteiger partial charge in [-0.15, -0.1) is 11.3 Å². The van der Waals surface area contributed by atoms with Crippen molar-refractivity contribution in [1.29, 1.82) is 0 Å². The minimum Gasteiger partial charge on any atom is -0.337 e. The molecule has 6 heteroatoms. The number of nitrogens with zero attached hydrogens (tertiary/aromatic N) is 2. The second-order valence-electron chi connectivity index (χ2n) is 5.42. The highest BCUT2D eigenvalue weighted by atomic mass is 35.5. The first kappa shape index (κ1) is 14.0. The number of Topliss-reactive ketones (excluding diaryl/α,β-unsaturated/α-hetero) is 1. The third-order valence-electron chi connectivity index (χ3n) is 4.27. The molecule has 2 atom stereocenters. The van der Waals surface area contributed by atoms with Crippen molar-refractivity contribution in [2.45, 2.75) is 31.8 Å². The molecule has 4 nitrogen and oxygen atoms in total. The number of carbonyl (C=O) groups is 2. The Morgan fingerprint density at radius 2 is 2.25 bits per heavy atom. The van der Waals surface area contributed by atoms with E-state index in [1.807, 2.05) is 11.8 Å². The van der Waals surface area contributed by atoms with Gasteiger partial charge in [0, 0.05) is 32.1 Å². The van der Waals surface area contributed by atoms with Gasteiger partial charge in [0.25, 0.3) is 0 Å². The zero-order chi connectivity index (χ0) is 14.3. The molecule has 20 heavy (non-hydrogen) atoms. The Labute approximate surface area is 127 Å². The average Bonchev–Trinajstić information content (AvgIpc) is 3.04. The third-order valence-corrected chi connectivity index (χ3v) is 5.51. The maximum Gasteiger partial charge on any atom is 0.222 e. The van der Waals surface area contributed by atoms with Gasteiger partial charge in [-0.25, -0.2) is 0 Å². The van der Waals surface area contributed by atoms with E-state index in [9.17, 15) is 9.59 Å². The van der Waals surface area contributed by atoms with Crippen molar-refractivity contribution in [2.75, 3.05) is 19.6 Å². The summed E-state index contributed by atoms with van der Waals surface area (Å²) in [5.41, 5.74) is 0. The van der Waals surface area contributed by atoms with Crippen LogP contribution < -0.4 is 0 Å². The molecule has 2 aliphatic heterocycles. The SMILES string of the molecule is CC(C(=O)c1ccc(Cl)s1)N1CCN2C(=O)CCC2C1. The molecule has 2 unspecified atom stereocenters. The van der Waals surface area contributed by atoms with Gasteiger partial charge in [0.2, 0.25) is 5.91 Å². The number of piperazine rings is 1. The van der Waals surface area contributed by atoms with Crippen LogP contribution in [0.2, 0.25) is 4.34 Å². The van der Waals surface area contributed by atoms with Gasteiger partial charge >= 0.3 is 0 Å². The molecule has 1 aromatic rings. The lowest BCUT2D eigenvalue weighted by molar-refractivity contribution is -0.130. The monoisotopic (exact) mass is 312 g/mol. The molecular weight excluding hydrogens is 296 g/mol. The van der Waals surface area contributed by atoms with E-state index in [-0.39, 0.29) is 17.7 Å². The Morgan fingerprint density at radius 1 is 1.45 bits per heavy atom. The fourth-order valence-corrected chi connectivity index (χ4v) is 4.12. The van der Waals surface area contributed by atoms with E-state index in [4.69, 9.17) is 11.6 Å². The van der Waals surface area contributed by atoms with Crippen LogP contribution in [0.15, 0.2) is 12.1 Å². The highest BCUT2D eigenvalue weighted by Crippen LogP contribution is 2.27. The Bertz CT molecular complexity index is 545. The first-order chi connectivity index (χ1) is 9.56. The molecule has 3 rings (SSSR count). The summed E-state index contributed by atoms with van der Waals surface area (Å²) < 4.78 is 0.645. The lowest BCUT2D eigenvalue weighted by atomic mass is 10.1. The smallest absolute Gasteiger partial charge is 0.222 e. The van der Waals surface area contributed by atoms with Crippen LogP contribution in [0.4, 0.5) is 0 Å². The summed E-state index contributed by atoms with van der Waals surface area (Å²) in [4.78, 5) is 29.0. The first-order valence-electron chi connectivity index (χ1n) is 6.89. The maximum atomic E-state index is 12.4. The van der Waals surface area contributed by atoms with E-state index < -0.39 is 0 Å². The molecule has 2 saturated heterocycles. The Balaban J connectivity index is 1.67. The fourth-order valence-electron chi connectivity index (χ4n) is 3.06. The Kier molecular flexibility index (Phi) is 3.84. The molecular formula is C14H17ClN2O2S. The second-order valence-corrected chi connectivity index (χ2v) is 7.13. The molecule has 0 N–H and O–H groups in total. The van der Waals surface area contributed by atoms with Gasteiger partial charge in [0.1, 0.15) is 0 Å². The molecule has 0 radical (unpaired) electrons. The first-order valence-corrected chi connectivity index (χ1v) is 8.09. The van der Waals surface area contributed by atoms with Crippen LogP contribution in [0.25, 0.3) is 0 Å². The average molecular weight is 313 g/mol. The van der Waals surface area contributed by atoms with Gasteiger partial charge < -0.3 is 4.90 Å². The van der Waals surface area contributed by atoms with Crippen molar-refractivity contribution in [3.05, 3.63) is 21.3 Å². The van der Waals surface area contributed by atoms with Crippen LogP contribution in [0.1, 0.15) is 29.4 Å². The zero-order valence-electron chi connectivity index (χ0n) is 11.3. The van der Waals surface area contributed by atoms with E-state index in [0.717, 1.165) is 26.1 Å². The van der Waals surface area contributed by atoms with E-state index in [2.05, 4.69) is 4.90 Å². The predicted octanol–water partition coefficient (Wildman–Crippen LogP) is 2.28. The molecule has 1 amide bonds. The van der Waals surface area contributed by atoms with Crippen LogP contribution in [0, 0.1) is 0 Å². The number of ketones is 1. The summed E-state index contributed by atoms with van der Waals surface area (Å²) in [5, 5.41) is 0. The summed E-state index contributed by atoms with van der Waals surface area (Å²) in [6.45, 7) is 4.26. The summed E-state index contributed by atoms with van der Waals surface area (Å²) >= 11 is 7.23. The van der Waals surface area contributed by atoms with E-state index in [1.165, 1.54) is 11.3 Å². The molecule has 1 aromatic heterocycles. The van der Waals surface area contributed by atoms with Gasteiger partial charge in [-0.3, -0.25) is 14.5 Å². The number of thiophene rings is 1. The molecule has 2 aliphatic rings. The van der Waals surface area contributed by atoms with E-state index in [1.54, 1.807) is 12.1 Å². The molecule has 3 heterocycles. The van der Waals surface area contributed by atoms with Crippen molar-refractivity contribution in [3.8, 4) is 0 Å². The van der Waals surface area contributed by atoms with Crippen LogP contribution in [-0.4, -0.2) is 53.2 Å². The zero-order valence-corrected chi connectivity index (χ0v) is 12.9. The molecule has 108 valence electrons. The van der Waals surface area contributed by atoms with E-state index >= 15 is 0 Å². The Morgan fingerprint density at radius 3 is 2.95 bits per heavy atom. The van der Waals surface area contributed by atoms with Gasteiger partial charge in [-0.2, -0.15) is 0 Å². The molecule has 0 spiro atoms. The highest BCUT2D eigenvalue weighted by molar-refractivity contribution is 7.18. The Hall–Kier alpha value is -0.910. The molecule has 0 aromatic carbocycles. The number of halogens is 1. The van der Waals surface area contributed by atoms with Gasteiger partial charge in [0.15, 0.2) is 5.78 Å². The number of fused-ring (bicyclic) bond motifs is 1. The largest absolute Gasteiger partial charge is 0.337 e. The number of hydrogen-bond acceptors (Lipinski definition) is 4. The van der Waals surface area contributed by atoms with Crippen LogP contribution in [-0.2, 0) is 4.79 Å². The number of rotatable bonds is 3. The predicted molar refractivity (Wildman–Crippen MR) is 79.4 cm³/mol. The van der Waals surface area contributed by atoms with Gasteiger partial charge in [0.05, 0.1) is 15.3 Å². The van der Waals surface area contributed by atoms with Crippen LogP contribution in [0.3, 0.4) is 0 Å². The number of carbonyl (C=O) groups excluding carboxylic acids is 2. The molecule has 0 saturated carbocycles. The quantitative estimate of drug-likeness (QED) is 0.804. The van der Waals surface area contributed by atoms with Crippen molar-refractivity contribution < 1.29 is 9.59 Å². The highest BCUT2D eigenvalue weighted by Gasteiger charge is 2.38. The van der Waals surface area contributed by atoms with Crippen molar-refractivity contribution in [1.82, 2.24) is 9.80 Å². The topological polar surface area (TPSA) is 40.6 Å². The number of amides is 1. The lowest BCUT2D eigenvalue weighted by Crippen LogP contribution is -2.55. The summed E-state index contributed by atoms with van der Waals surface area (Å²) in [7, 11) is 0. The second kappa shape index (κ2) is 5.47. The summed E-state index contributed by atoms with van der Waals surface area (Å²) in [6, 6.07) is 3.70. The van der Waals surface area contributed by atoms with Crippen molar-refractivity contribution in [2.24, 2.45) is 0 Å². The number of hydrogen-bond donors (Lipinski definition) is 0. The third kappa shape index (κ3) is 2.50. The minimum atomic E-state index is -0.150. The lowest BCUT2D eigenvalue weighted by Gasteiger charge is -2.39. The normalized spacial score (nSPS) is 24.8. The van der Waals surface area contributed by atoms with Crippen molar-refractivity contribution >= 4 is 34.6 Å². The minimum absolute atomic E-state index is 0.125. The fraction of sp³-hybridized carbons (Fsp3) is 0.571. The molecule has 2 fully saturated rings. The molecule has 0 bridgehead atoms.